The predicted octanol–water partition coefficient (Wildman–Crippen LogP) is 3.97. The van der Waals surface area contributed by atoms with Crippen LogP contribution >= 0.6 is 11.6 Å². The highest BCUT2D eigenvalue weighted by Crippen LogP contribution is 2.19. The van der Waals surface area contributed by atoms with Crippen LogP contribution in [0.5, 0.6) is 5.75 Å². The zero-order chi connectivity index (χ0) is 14.3. The Bertz CT molecular complexity index is 382. The molecule has 0 aliphatic carbocycles. The fourth-order valence-corrected chi connectivity index (χ4v) is 2.58. The van der Waals surface area contributed by atoms with Crippen molar-refractivity contribution in [2.24, 2.45) is 5.92 Å². The minimum Gasteiger partial charge on any atom is -0.497 e. The predicted molar refractivity (Wildman–Crippen MR) is 78.4 cm³/mol. The van der Waals surface area contributed by atoms with E-state index in [1.54, 1.807) is 12.1 Å². The summed E-state index contributed by atoms with van der Waals surface area (Å²) in [5.41, 5.74) is 0.634. The van der Waals surface area contributed by atoms with Gasteiger partial charge in [-0.25, -0.2) is 4.39 Å². The zero-order valence-corrected chi connectivity index (χ0v) is 12.6. The van der Waals surface area contributed by atoms with Crippen molar-refractivity contribution in [1.29, 1.82) is 0 Å². The Labute approximate surface area is 120 Å². The minimum absolute atomic E-state index is 0.0938. The Kier molecular flexibility index (Phi) is 7.17. The standard InChI is InChI=1S/C15H23ClFNO/c1-4-11(5-2)14(16)10-18-9-12-6-7-13(19-3)8-15(12)17/h6-8,11,14,18H,4-5,9-10H2,1-3H3. The first kappa shape index (κ1) is 16.3. The van der Waals surface area contributed by atoms with Crippen LogP contribution in [0.15, 0.2) is 18.2 Å². The molecule has 108 valence electrons. The largest absolute Gasteiger partial charge is 0.497 e. The molecule has 19 heavy (non-hydrogen) atoms. The maximum atomic E-state index is 13.7. The second-order valence-corrected chi connectivity index (χ2v) is 5.24. The molecule has 1 unspecified atom stereocenters. The van der Waals surface area contributed by atoms with E-state index in [4.69, 9.17) is 16.3 Å². The smallest absolute Gasteiger partial charge is 0.131 e. The van der Waals surface area contributed by atoms with Gasteiger partial charge < -0.3 is 10.1 Å². The highest BCUT2D eigenvalue weighted by molar-refractivity contribution is 6.21. The van der Waals surface area contributed by atoms with Gasteiger partial charge in [-0.15, -0.1) is 11.6 Å². The number of halogens is 2. The number of benzene rings is 1. The topological polar surface area (TPSA) is 21.3 Å². The van der Waals surface area contributed by atoms with Gasteiger partial charge in [0.25, 0.3) is 0 Å². The summed E-state index contributed by atoms with van der Waals surface area (Å²) in [5, 5.41) is 3.31. The van der Waals surface area contributed by atoms with E-state index in [0.29, 0.717) is 30.3 Å². The zero-order valence-electron chi connectivity index (χ0n) is 11.9. The second kappa shape index (κ2) is 8.39. The lowest BCUT2D eigenvalue weighted by atomic mass is 9.99. The van der Waals surface area contributed by atoms with Crippen molar-refractivity contribution in [3.8, 4) is 5.75 Å². The third kappa shape index (κ3) is 5.00. The molecule has 0 aliphatic heterocycles. The molecule has 1 rings (SSSR count). The van der Waals surface area contributed by atoms with Gasteiger partial charge in [0.1, 0.15) is 11.6 Å². The van der Waals surface area contributed by atoms with Crippen LogP contribution in [0.25, 0.3) is 0 Å². The first-order valence-corrected chi connectivity index (χ1v) is 7.23. The van der Waals surface area contributed by atoms with Crippen LogP contribution in [-0.4, -0.2) is 19.0 Å². The minimum atomic E-state index is -0.250. The average molecular weight is 288 g/mol. The molecule has 1 atom stereocenters. The molecular weight excluding hydrogens is 265 g/mol. The molecule has 0 amide bonds. The number of hydrogen-bond acceptors (Lipinski definition) is 2. The molecular formula is C15H23ClFNO. The van der Waals surface area contributed by atoms with E-state index < -0.39 is 0 Å². The van der Waals surface area contributed by atoms with E-state index in [2.05, 4.69) is 19.2 Å². The van der Waals surface area contributed by atoms with Crippen molar-refractivity contribution in [3.63, 3.8) is 0 Å². The molecule has 0 spiro atoms. The van der Waals surface area contributed by atoms with Crippen LogP contribution in [0, 0.1) is 11.7 Å². The Balaban J connectivity index is 2.45. The van der Waals surface area contributed by atoms with Crippen molar-refractivity contribution in [2.45, 2.75) is 38.6 Å². The summed E-state index contributed by atoms with van der Waals surface area (Å²) in [6.45, 7) is 5.47. The lowest BCUT2D eigenvalue weighted by Gasteiger charge is -2.19. The Morgan fingerprint density at radius 3 is 2.53 bits per heavy atom. The van der Waals surface area contributed by atoms with Gasteiger partial charge in [-0.1, -0.05) is 32.8 Å². The van der Waals surface area contributed by atoms with Crippen LogP contribution in [0.2, 0.25) is 0 Å². The molecule has 0 saturated heterocycles. The van der Waals surface area contributed by atoms with Gasteiger partial charge >= 0.3 is 0 Å². The Hall–Kier alpha value is -0.800. The van der Waals surface area contributed by atoms with Gasteiger partial charge in [0.15, 0.2) is 0 Å². The first-order valence-electron chi connectivity index (χ1n) is 6.79. The fourth-order valence-electron chi connectivity index (χ4n) is 2.11. The number of rotatable bonds is 8. The van der Waals surface area contributed by atoms with Crippen LogP contribution in [-0.2, 0) is 6.54 Å². The van der Waals surface area contributed by atoms with Crippen molar-refractivity contribution in [1.82, 2.24) is 5.32 Å². The van der Waals surface area contributed by atoms with Crippen molar-refractivity contribution < 1.29 is 9.13 Å². The van der Waals surface area contributed by atoms with E-state index in [1.165, 1.54) is 13.2 Å². The molecule has 0 aliphatic rings. The van der Waals surface area contributed by atoms with Gasteiger partial charge in [-0.05, 0) is 12.0 Å². The Morgan fingerprint density at radius 2 is 2.00 bits per heavy atom. The SMILES string of the molecule is CCC(CC)C(Cl)CNCc1ccc(OC)cc1F. The van der Waals surface area contributed by atoms with Crippen molar-refractivity contribution >= 4 is 11.6 Å². The molecule has 2 nitrogen and oxygen atoms in total. The molecule has 0 heterocycles. The summed E-state index contributed by atoms with van der Waals surface area (Å²) in [4.78, 5) is 0. The van der Waals surface area contributed by atoms with E-state index in [-0.39, 0.29) is 11.2 Å². The molecule has 0 saturated carbocycles. The van der Waals surface area contributed by atoms with E-state index in [1.807, 2.05) is 0 Å². The fraction of sp³-hybridized carbons (Fsp3) is 0.600. The van der Waals surface area contributed by atoms with Crippen LogP contribution in [0.4, 0.5) is 4.39 Å². The molecule has 1 aromatic rings. The van der Waals surface area contributed by atoms with E-state index in [9.17, 15) is 4.39 Å². The molecule has 4 heteroatoms. The van der Waals surface area contributed by atoms with Gasteiger partial charge in [0, 0.05) is 30.1 Å². The van der Waals surface area contributed by atoms with Gasteiger partial charge in [-0.2, -0.15) is 0 Å². The molecule has 1 N–H and O–H groups in total. The molecule has 0 radical (unpaired) electrons. The first-order chi connectivity index (χ1) is 9.12. The van der Waals surface area contributed by atoms with Gasteiger partial charge in [0.05, 0.1) is 7.11 Å². The Morgan fingerprint density at radius 1 is 1.32 bits per heavy atom. The number of methoxy groups -OCH3 is 1. The highest BCUT2D eigenvalue weighted by Gasteiger charge is 2.15. The summed E-state index contributed by atoms with van der Waals surface area (Å²) in [6, 6.07) is 4.90. The van der Waals surface area contributed by atoms with E-state index >= 15 is 0 Å². The van der Waals surface area contributed by atoms with Crippen molar-refractivity contribution in [3.05, 3.63) is 29.6 Å². The summed E-state index contributed by atoms with van der Waals surface area (Å²) in [5.74, 6) is 0.795. The number of hydrogen-bond donors (Lipinski definition) is 1. The summed E-state index contributed by atoms with van der Waals surface area (Å²) in [7, 11) is 1.53. The van der Waals surface area contributed by atoms with Crippen LogP contribution in [0.1, 0.15) is 32.3 Å². The summed E-state index contributed by atoms with van der Waals surface area (Å²) >= 11 is 6.32. The van der Waals surface area contributed by atoms with Crippen molar-refractivity contribution in [2.75, 3.05) is 13.7 Å². The monoisotopic (exact) mass is 287 g/mol. The molecule has 0 bridgehead atoms. The second-order valence-electron chi connectivity index (χ2n) is 4.68. The van der Waals surface area contributed by atoms with Crippen LogP contribution < -0.4 is 10.1 Å². The summed E-state index contributed by atoms with van der Waals surface area (Å²) in [6.07, 6.45) is 2.15. The third-order valence-electron chi connectivity index (χ3n) is 3.48. The maximum Gasteiger partial charge on any atom is 0.131 e. The van der Waals surface area contributed by atoms with Crippen LogP contribution in [0.3, 0.4) is 0 Å². The quantitative estimate of drug-likeness (QED) is 0.731. The molecule has 0 aromatic heterocycles. The lowest BCUT2D eigenvalue weighted by molar-refractivity contribution is 0.410. The molecule has 1 aromatic carbocycles. The number of alkyl halides is 1. The van der Waals surface area contributed by atoms with E-state index in [0.717, 1.165) is 12.8 Å². The lowest BCUT2D eigenvalue weighted by Crippen LogP contribution is -2.28. The van der Waals surface area contributed by atoms with Gasteiger partial charge in [0.2, 0.25) is 0 Å². The molecule has 0 fully saturated rings. The number of ether oxygens (including phenoxy) is 1. The number of nitrogens with one attached hydrogen (secondary N) is 1. The maximum absolute atomic E-state index is 13.7. The normalized spacial score (nSPS) is 12.7. The highest BCUT2D eigenvalue weighted by atomic mass is 35.5. The van der Waals surface area contributed by atoms with Gasteiger partial charge in [-0.3, -0.25) is 0 Å². The third-order valence-corrected chi connectivity index (χ3v) is 3.99. The average Bonchev–Trinajstić information content (AvgIpc) is 2.42. The summed E-state index contributed by atoms with van der Waals surface area (Å²) < 4.78 is 18.7.